The van der Waals surface area contributed by atoms with Gasteiger partial charge in [0.1, 0.15) is 5.75 Å². The molecule has 1 fully saturated rings. The number of nitrogens with two attached hydrogens (primary N) is 1. The second kappa shape index (κ2) is 5.66. The van der Waals surface area contributed by atoms with Crippen molar-refractivity contribution in [2.75, 3.05) is 13.2 Å². The first-order chi connectivity index (χ1) is 7.79. The van der Waals surface area contributed by atoms with E-state index in [1.807, 2.05) is 12.1 Å². The average molecular weight is 286 g/mol. The van der Waals surface area contributed by atoms with Gasteiger partial charge in [-0.05, 0) is 42.5 Å². The van der Waals surface area contributed by atoms with Crippen LogP contribution in [0.15, 0.2) is 22.7 Å². The molecule has 0 bridgehead atoms. The molecule has 1 aliphatic rings. The Balaban J connectivity index is 2.00. The van der Waals surface area contributed by atoms with E-state index in [2.05, 4.69) is 26.8 Å². The fraction of sp³-hybridized carbons (Fsp3) is 0.500. The highest BCUT2D eigenvalue weighted by Crippen LogP contribution is 2.31. The molecule has 4 heteroatoms. The SMILES string of the molecule is NOCCc1cc(Br)ccc1OCC1CC1. The Morgan fingerprint density at radius 1 is 1.38 bits per heavy atom. The normalized spacial score (nSPS) is 15.1. The molecule has 0 amide bonds. The number of halogens is 1. The molecular formula is C12H16BrNO2. The van der Waals surface area contributed by atoms with Gasteiger partial charge >= 0.3 is 0 Å². The first-order valence-electron chi connectivity index (χ1n) is 5.52. The van der Waals surface area contributed by atoms with Crippen LogP contribution in [-0.2, 0) is 11.3 Å². The van der Waals surface area contributed by atoms with Gasteiger partial charge in [0.05, 0.1) is 13.2 Å². The molecule has 0 aromatic heterocycles. The van der Waals surface area contributed by atoms with Gasteiger partial charge in [-0.1, -0.05) is 15.9 Å². The minimum atomic E-state index is 0.510. The maximum absolute atomic E-state index is 5.80. The number of rotatable bonds is 6. The zero-order valence-electron chi connectivity index (χ0n) is 9.12. The predicted octanol–water partition coefficient (Wildman–Crippen LogP) is 2.67. The zero-order chi connectivity index (χ0) is 11.4. The quantitative estimate of drug-likeness (QED) is 0.818. The molecule has 0 aliphatic heterocycles. The molecule has 16 heavy (non-hydrogen) atoms. The van der Waals surface area contributed by atoms with Crippen LogP contribution in [0.4, 0.5) is 0 Å². The zero-order valence-corrected chi connectivity index (χ0v) is 10.7. The molecule has 0 spiro atoms. The van der Waals surface area contributed by atoms with Crippen molar-refractivity contribution in [1.82, 2.24) is 0 Å². The van der Waals surface area contributed by atoms with Crippen molar-refractivity contribution in [1.29, 1.82) is 0 Å². The Kier molecular flexibility index (Phi) is 4.21. The first kappa shape index (κ1) is 11.9. The van der Waals surface area contributed by atoms with Gasteiger partial charge in [-0.15, -0.1) is 0 Å². The first-order valence-corrected chi connectivity index (χ1v) is 6.32. The van der Waals surface area contributed by atoms with Crippen molar-refractivity contribution >= 4 is 15.9 Å². The minimum Gasteiger partial charge on any atom is -0.493 e. The molecule has 1 aliphatic carbocycles. The topological polar surface area (TPSA) is 44.5 Å². The summed E-state index contributed by atoms with van der Waals surface area (Å²) in [6.07, 6.45) is 3.38. The summed E-state index contributed by atoms with van der Waals surface area (Å²) in [5.74, 6) is 6.76. The Bertz CT molecular complexity index is 353. The molecule has 2 N–H and O–H groups in total. The average Bonchev–Trinajstić information content (AvgIpc) is 3.09. The molecule has 0 heterocycles. The summed E-state index contributed by atoms with van der Waals surface area (Å²) in [4.78, 5) is 4.61. The highest BCUT2D eigenvalue weighted by Gasteiger charge is 2.22. The van der Waals surface area contributed by atoms with Crippen molar-refractivity contribution in [2.45, 2.75) is 19.3 Å². The second-order valence-corrected chi connectivity index (χ2v) is 5.04. The lowest BCUT2D eigenvalue weighted by molar-refractivity contribution is 0.140. The lowest BCUT2D eigenvalue weighted by atomic mass is 10.1. The molecule has 1 saturated carbocycles. The lowest BCUT2D eigenvalue weighted by Crippen LogP contribution is -2.06. The highest BCUT2D eigenvalue weighted by molar-refractivity contribution is 9.10. The van der Waals surface area contributed by atoms with E-state index in [1.54, 1.807) is 0 Å². The van der Waals surface area contributed by atoms with Gasteiger partial charge in [0.2, 0.25) is 0 Å². The van der Waals surface area contributed by atoms with E-state index in [4.69, 9.17) is 10.6 Å². The van der Waals surface area contributed by atoms with Crippen LogP contribution < -0.4 is 10.6 Å². The monoisotopic (exact) mass is 285 g/mol. The molecule has 0 atom stereocenters. The Labute approximate surface area is 104 Å². The summed E-state index contributed by atoms with van der Waals surface area (Å²) in [5.41, 5.74) is 1.14. The van der Waals surface area contributed by atoms with Crippen LogP contribution in [0.25, 0.3) is 0 Å². The molecule has 0 radical (unpaired) electrons. The minimum absolute atomic E-state index is 0.510. The standard InChI is InChI=1S/C12H16BrNO2/c13-11-3-4-12(15-8-9-1-2-9)10(7-11)5-6-16-14/h3-4,7,9H,1-2,5-6,8,14H2. The second-order valence-electron chi connectivity index (χ2n) is 4.13. The third kappa shape index (κ3) is 3.47. The molecule has 1 aromatic carbocycles. The van der Waals surface area contributed by atoms with Gasteiger partial charge in [-0.2, -0.15) is 0 Å². The summed E-state index contributed by atoms with van der Waals surface area (Å²) in [6, 6.07) is 6.05. The van der Waals surface area contributed by atoms with Crippen LogP contribution in [-0.4, -0.2) is 13.2 Å². The Morgan fingerprint density at radius 3 is 2.88 bits per heavy atom. The summed E-state index contributed by atoms with van der Waals surface area (Å²) in [6.45, 7) is 1.34. The number of hydrogen-bond acceptors (Lipinski definition) is 3. The maximum atomic E-state index is 5.80. The van der Waals surface area contributed by atoms with Gasteiger partial charge in [0.15, 0.2) is 0 Å². The molecule has 1 aromatic rings. The van der Waals surface area contributed by atoms with E-state index >= 15 is 0 Å². The molecular weight excluding hydrogens is 270 g/mol. The number of hydrogen-bond donors (Lipinski definition) is 1. The number of benzene rings is 1. The fourth-order valence-electron chi connectivity index (χ4n) is 1.55. The Hall–Kier alpha value is -0.580. The lowest BCUT2D eigenvalue weighted by Gasteiger charge is -2.11. The van der Waals surface area contributed by atoms with E-state index in [0.717, 1.165) is 34.7 Å². The van der Waals surface area contributed by atoms with Crippen molar-refractivity contribution in [3.05, 3.63) is 28.2 Å². The molecule has 88 valence electrons. The van der Waals surface area contributed by atoms with Crippen LogP contribution >= 0.6 is 15.9 Å². The van der Waals surface area contributed by atoms with Crippen molar-refractivity contribution < 1.29 is 9.57 Å². The summed E-state index contributed by atoms with van der Waals surface area (Å²) in [7, 11) is 0. The summed E-state index contributed by atoms with van der Waals surface area (Å²) >= 11 is 3.45. The highest BCUT2D eigenvalue weighted by atomic mass is 79.9. The summed E-state index contributed by atoms with van der Waals surface area (Å²) in [5, 5.41) is 0. The van der Waals surface area contributed by atoms with Crippen molar-refractivity contribution in [2.24, 2.45) is 11.8 Å². The predicted molar refractivity (Wildman–Crippen MR) is 66.2 cm³/mol. The van der Waals surface area contributed by atoms with E-state index in [9.17, 15) is 0 Å². The van der Waals surface area contributed by atoms with Crippen LogP contribution in [0.2, 0.25) is 0 Å². The Morgan fingerprint density at radius 2 is 2.19 bits per heavy atom. The van der Waals surface area contributed by atoms with Gasteiger partial charge in [0.25, 0.3) is 0 Å². The van der Waals surface area contributed by atoms with E-state index < -0.39 is 0 Å². The van der Waals surface area contributed by atoms with Crippen molar-refractivity contribution in [3.63, 3.8) is 0 Å². The molecule has 0 unspecified atom stereocenters. The third-order valence-electron chi connectivity index (χ3n) is 2.68. The largest absolute Gasteiger partial charge is 0.493 e. The van der Waals surface area contributed by atoms with Crippen LogP contribution in [0.3, 0.4) is 0 Å². The van der Waals surface area contributed by atoms with Crippen LogP contribution in [0.5, 0.6) is 5.75 Å². The van der Waals surface area contributed by atoms with E-state index in [0.29, 0.717) is 6.61 Å². The van der Waals surface area contributed by atoms with E-state index in [1.165, 1.54) is 12.8 Å². The van der Waals surface area contributed by atoms with Gasteiger partial charge in [0, 0.05) is 10.9 Å². The van der Waals surface area contributed by atoms with Crippen LogP contribution in [0.1, 0.15) is 18.4 Å². The number of ether oxygens (including phenoxy) is 1. The van der Waals surface area contributed by atoms with Crippen LogP contribution in [0, 0.1) is 5.92 Å². The van der Waals surface area contributed by atoms with Crippen molar-refractivity contribution in [3.8, 4) is 5.75 Å². The van der Waals surface area contributed by atoms with Gasteiger partial charge < -0.3 is 9.57 Å². The fourth-order valence-corrected chi connectivity index (χ4v) is 1.95. The molecule has 3 nitrogen and oxygen atoms in total. The maximum Gasteiger partial charge on any atom is 0.122 e. The molecule has 2 rings (SSSR count). The summed E-state index contributed by atoms with van der Waals surface area (Å²) < 4.78 is 6.85. The van der Waals surface area contributed by atoms with E-state index in [-0.39, 0.29) is 0 Å². The van der Waals surface area contributed by atoms with Gasteiger partial charge in [-0.3, -0.25) is 0 Å². The molecule has 0 saturated heterocycles. The van der Waals surface area contributed by atoms with Gasteiger partial charge in [-0.25, -0.2) is 5.90 Å². The smallest absolute Gasteiger partial charge is 0.122 e. The third-order valence-corrected chi connectivity index (χ3v) is 3.18.